The Morgan fingerprint density at radius 1 is 1.26 bits per heavy atom. The largest absolute Gasteiger partial charge is 0.493 e. The average molecular weight is 557 g/mol. The zero-order valence-electron chi connectivity index (χ0n) is 22.0. The molecule has 0 spiro atoms. The molecule has 4 rings (SSSR count). The number of nitrogens with two attached hydrogens (primary N) is 1. The number of urea groups is 1. The number of likely N-dealkylation sites (N-methyl/N-ethyl adjacent to an activating group) is 2. The highest BCUT2D eigenvalue weighted by atomic mass is 32.2. The van der Waals surface area contributed by atoms with E-state index in [4.69, 9.17) is 24.7 Å². The molecule has 13 nitrogen and oxygen atoms in total. The summed E-state index contributed by atoms with van der Waals surface area (Å²) >= 11 is 1.16. The number of nitrogens with zero attached hydrogens (tertiary/aromatic N) is 4. The summed E-state index contributed by atoms with van der Waals surface area (Å²) in [5.74, 6) is -1.04. The standard InChI is InChI=1S/C25H28N6O7S/c1-6-37-23(33)18-16(11-39-24-28-19-21(29-24)30(2)25(34)31(3)22(19)32)38-20(27)13(10-26)17(18)12-7-8-14(35-4)15(9-12)36-5/h7-9,17,19,21H,6,11,27H2,1-5H3,(H,28,29)/t17-,19+,21-/m1/s1. The molecule has 14 heteroatoms. The Morgan fingerprint density at radius 2 is 1.97 bits per heavy atom. The van der Waals surface area contributed by atoms with Crippen molar-refractivity contribution in [3.63, 3.8) is 0 Å². The molecule has 1 aromatic carbocycles. The normalized spacial score (nSPS) is 22.6. The van der Waals surface area contributed by atoms with E-state index >= 15 is 0 Å². The fourth-order valence-electron chi connectivity index (χ4n) is 4.53. The van der Waals surface area contributed by atoms with Gasteiger partial charge >= 0.3 is 12.0 Å². The minimum Gasteiger partial charge on any atom is -0.493 e. The maximum Gasteiger partial charge on any atom is 0.338 e. The van der Waals surface area contributed by atoms with Crippen LogP contribution in [0.2, 0.25) is 0 Å². The molecule has 1 aromatic rings. The van der Waals surface area contributed by atoms with Gasteiger partial charge in [-0.15, -0.1) is 0 Å². The number of carbonyl (C=O) groups excluding carboxylic acids is 3. The third-order valence-corrected chi connectivity index (χ3v) is 7.39. The smallest absolute Gasteiger partial charge is 0.338 e. The molecule has 0 saturated carbocycles. The van der Waals surface area contributed by atoms with E-state index in [1.165, 1.54) is 26.2 Å². The molecule has 0 unspecified atom stereocenters. The Balaban J connectivity index is 1.71. The lowest BCUT2D eigenvalue weighted by atomic mass is 9.83. The molecule has 0 aliphatic carbocycles. The second-order valence-corrected chi connectivity index (χ2v) is 9.61. The number of benzene rings is 1. The number of amides is 3. The summed E-state index contributed by atoms with van der Waals surface area (Å²) in [5, 5.41) is 13.4. The van der Waals surface area contributed by atoms with Gasteiger partial charge in [-0.1, -0.05) is 17.8 Å². The number of fused-ring (bicyclic) bond motifs is 1. The van der Waals surface area contributed by atoms with E-state index in [0.29, 0.717) is 22.2 Å². The number of carbonyl (C=O) groups is 3. The van der Waals surface area contributed by atoms with Gasteiger partial charge in [0.05, 0.1) is 38.1 Å². The number of amidine groups is 1. The summed E-state index contributed by atoms with van der Waals surface area (Å²) in [6.07, 6.45) is -0.704. The quantitative estimate of drug-likeness (QED) is 0.463. The van der Waals surface area contributed by atoms with Crippen LogP contribution in [-0.4, -0.2) is 85.8 Å². The molecule has 3 N–H and O–H groups in total. The lowest BCUT2D eigenvalue weighted by Gasteiger charge is -2.36. The highest BCUT2D eigenvalue weighted by molar-refractivity contribution is 8.14. The van der Waals surface area contributed by atoms with Crippen LogP contribution < -0.4 is 20.5 Å². The second-order valence-electron chi connectivity index (χ2n) is 8.65. The van der Waals surface area contributed by atoms with Crippen LogP contribution in [0.3, 0.4) is 0 Å². The first-order valence-electron chi connectivity index (χ1n) is 11.9. The van der Waals surface area contributed by atoms with Crippen LogP contribution in [0.1, 0.15) is 18.4 Å². The number of hydrogen-bond donors (Lipinski definition) is 2. The Kier molecular flexibility index (Phi) is 7.91. The Bertz CT molecular complexity index is 1350. The fourth-order valence-corrected chi connectivity index (χ4v) is 5.40. The maximum atomic E-state index is 13.3. The highest BCUT2D eigenvalue weighted by Crippen LogP contribution is 2.43. The summed E-state index contributed by atoms with van der Waals surface area (Å²) < 4.78 is 21.9. The number of nitriles is 1. The first-order chi connectivity index (χ1) is 18.7. The maximum absolute atomic E-state index is 13.3. The van der Waals surface area contributed by atoms with E-state index < -0.39 is 36.0 Å². The number of nitrogens with one attached hydrogen (secondary N) is 1. The van der Waals surface area contributed by atoms with Crippen molar-refractivity contribution < 1.29 is 33.3 Å². The number of imide groups is 1. The van der Waals surface area contributed by atoms with Crippen molar-refractivity contribution in [3.8, 4) is 17.6 Å². The van der Waals surface area contributed by atoms with Crippen molar-refractivity contribution >= 4 is 34.8 Å². The van der Waals surface area contributed by atoms with Gasteiger partial charge in [-0.2, -0.15) is 5.26 Å². The Morgan fingerprint density at radius 3 is 2.62 bits per heavy atom. The SMILES string of the molecule is CCOC(=O)C1=C(CSC2=N[C@H]3[C@H](N2)C(=O)N(C)C(=O)N3C)OC(N)=C(C#N)[C@H]1c1ccc(OC)c(OC)c1. The number of aliphatic imine (C=N–C) groups is 1. The third kappa shape index (κ3) is 4.92. The van der Waals surface area contributed by atoms with Crippen LogP contribution in [0.5, 0.6) is 11.5 Å². The lowest BCUT2D eigenvalue weighted by molar-refractivity contribution is -0.139. The van der Waals surface area contributed by atoms with Crippen LogP contribution >= 0.6 is 11.8 Å². The average Bonchev–Trinajstić information content (AvgIpc) is 3.37. The molecule has 3 aliphatic heterocycles. The summed E-state index contributed by atoms with van der Waals surface area (Å²) in [6.45, 7) is 1.76. The van der Waals surface area contributed by atoms with Gasteiger partial charge in [0.15, 0.2) is 22.8 Å². The molecule has 3 atom stereocenters. The van der Waals surface area contributed by atoms with Crippen LogP contribution in [0.4, 0.5) is 4.79 Å². The summed E-state index contributed by atoms with van der Waals surface area (Å²) in [4.78, 5) is 45.1. The number of esters is 1. The minimum atomic E-state index is -0.904. The number of rotatable bonds is 7. The van der Waals surface area contributed by atoms with Crippen LogP contribution in [0.25, 0.3) is 0 Å². The van der Waals surface area contributed by atoms with Crippen LogP contribution in [0, 0.1) is 11.3 Å². The van der Waals surface area contributed by atoms with E-state index in [0.717, 1.165) is 16.7 Å². The monoisotopic (exact) mass is 556 g/mol. The third-order valence-electron chi connectivity index (χ3n) is 6.48. The minimum absolute atomic E-state index is 0.0372. The van der Waals surface area contributed by atoms with E-state index in [-0.39, 0.29) is 35.1 Å². The molecule has 1 fully saturated rings. The van der Waals surface area contributed by atoms with Gasteiger partial charge in [-0.3, -0.25) is 9.69 Å². The zero-order chi connectivity index (χ0) is 28.4. The number of allylic oxidation sites excluding steroid dienone is 1. The van der Waals surface area contributed by atoms with Gasteiger partial charge < -0.3 is 34.9 Å². The fraction of sp³-hybridized carbons (Fsp3) is 0.400. The van der Waals surface area contributed by atoms with E-state index in [2.05, 4.69) is 16.4 Å². The molecule has 1 saturated heterocycles. The molecule has 39 heavy (non-hydrogen) atoms. The summed E-state index contributed by atoms with van der Waals surface area (Å²) in [5.41, 5.74) is 6.83. The van der Waals surface area contributed by atoms with Crippen LogP contribution in [0.15, 0.2) is 46.0 Å². The predicted octanol–water partition coefficient (Wildman–Crippen LogP) is 1.24. The van der Waals surface area contributed by atoms with E-state index in [1.807, 2.05) is 0 Å². The van der Waals surface area contributed by atoms with Crippen LogP contribution in [-0.2, 0) is 19.1 Å². The van der Waals surface area contributed by atoms with Gasteiger partial charge in [0.1, 0.15) is 23.4 Å². The molecule has 206 valence electrons. The number of hydrogen-bond acceptors (Lipinski definition) is 12. The molecular formula is C25H28N6O7S. The second kappa shape index (κ2) is 11.2. The van der Waals surface area contributed by atoms with Crippen molar-refractivity contribution in [2.45, 2.75) is 25.0 Å². The van der Waals surface area contributed by atoms with Gasteiger partial charge in [0, 0.05) is 14.1 Å². The van der Waals surface area contributed by atoms with Crippen molar-refractivity contribution in [1.82, 2.24) is 15.1 Å². The molecule has 0 bridgehead atoms. The predicted molar refractivity (Wildman–Crippen MR) is 140 cm³/mol. The molecule has 3 amide bonds. The van der Waals surface area contributed by atoms with Crippen molar-refractivity contribution in [1.29, 1.82) is 5.26 Å². The number of methoxy groups -OCH3 is 2. The lowest BCUT2D eigenvalue weighted by Crippen LogP contribution is -2.63. The first kappa shape index (κ1) is 27.6. The van der Waals surface area contributed by atoms with Gasteiger partial charge in [-0.05, 0) is 24.6 Å². The summed E-state index contributed by atoms with van der Waals surface area (Å²) in [6, 6.07) is 5.89. The molecule has 0 radical (unpaired) electrons. The Labute approximate surface area is 229 Å². The zero-order valence-corrected chi connectivity index (χ0v) is 22.8. The molecular weight excluding hydrogens is 528 g/mol. The highest BCUT2D eigenvalue weighted by Gasteiger charge is 2.47. The molecule has 3 heterocycles. The number of thioether (sulfide) groups is 1. The van der Waals surface area contributed by atoms with Gasteiger partial charge in [0.25, 0.3) is 5.91 Å². The molecule has 3 aliphatic rings. The number of ether oxygens (including phenoxy) is 4. The van der Waals surface area contributed by atoms with Gasteiger partial charge in [0.2, 0.25) is 5.88 Å². The van der Waals surface area contributed by atoms with E-state index in [1.54, 1.807) is 32.2 Å². The van der Waals surface area contributed by atoms with Crippen molar-refractivity contribution in [3.05, 3.63) is 46.6 Å². The Hall–Kier alpha value is -4.38. The summed E-state index contributed by atoms with van der Waals surface area (Å²) in [7, 11) is 5.95. The van der Waals surface area contributed by atoms with Gasteiger partial charge in [-0.25, -0.2) is 14.6 Å². The topological polar surface area (TPSA) is 169 Å². The first-order valence-corrected chi connectivity index (χ1v) is 12.9. The van der Waals surface area contributed by atoms with E-state index in [9.17, 15) is 19.6 Å². The molecule has 0 aromatic heterocycles. The van der Waals surface area contributed by atoms with Crippen molar-refractivity contribution in [2.24, 2.45) is 10.7 Å². The van der Waals surface area contributed by atoms with Crippen molar-refractivity contribution in [2.75, 3.05) is 40.7 Å².